The van der Waals surface area contributed by atoms with Crippen LogP contribution in [0.5, 0.6) is 0 Å². The van der Waals surface area contributed by atoms with Gasteiger partial charge in [0, 0.05) is 31.2 Å². The molecule has 0 saturated carbocycles. The highest BCUT2D eigenvalue weighted by atomic mass is 32.1. The molecular formula is C22H15F5N2O3S. The highest BCUT2D eigenvalue weighted by Crippen LogP contribution is 2.43. The summed E-state index contributed by atoms with van der Waals surface area (Å²) in [6.45, 7) is 0.143. The Labute approximate surface area is 187 Å². The van der Waals surface area contributed by atoms with E-state index >= 15 is 0 Å². The number of thiazole rings is 1. The molecule has 2 aromatic heterocycles. The van der Waals surface area contributed by atoms with Crippen LogP contribution in [0.3, 0.4) is 0 Å². The maximum atomic E-state index is 13.8. The van der Waals surface area contributed by atoms with Crippen LogP contribution in [-0.2, 0) is 12.4 Å². The lowest BCUT2D eigenvalue weighted by atomic mass is 10.0. The molecule has 4 aromatic rings. The lowest BCUT2D eigenvalue weighted by molar-refractivity contribution is -0.322. The van der Waals surface area contributed by atoms with E-state index in [0.29, 0.717) is 39.6 Å². The van der Waals surface area contributed by atoms with Crippen molar-refractivity contribution in [3.63, 3.8) is 0 Å². The fraction of sp³-hybridized carbons (Fsp3) is 0.182. The van der Waals surface area contributed by atoms with Gasteiger partial charge in [-0.2, -0.15) is 17.6 Å². The lowest BCUT2D eigenvalue weighted by Gasteiger charge is -2.20. The minimum absolute atomic E-state index is 0.0481. The normalized spacial score (nSPS) is 13.8. The molecule has 0 saturated heterocycles. The van der Waals surface area contributed by atoms with Crippen molar-refractivity contribution in [2.24, 2.45) is 0 Å². The lowest BCUT2D eigenvalue weighted by Crippen LogP contribution is -2.37. The Balaban J connectivity index is 1.63. The fourth-order valence-electron chi connectivity index (χ4n) is 3.25. The Bertz CT molecular complexity index is 1360. The average Bonchev–Trinajstić information content (AvgIpc) is 3.24. The quantitative estimate of drug-likeness (QED) is 0.306. The first-order chi connectivity index (χ1) is 15.5. The highest BCUT2D eigenvalue weighted by molar-refractivity contribution is 7.15. The van der Waals surface area contributed by atoms with Crippen molar-refractivity contribution < 1.29 is 31.5 Å². The van der Waals surface area contributed by atoms with E-state index in [1.54, 1.807) is 18.2 Å². The van der Waals surface area contributed by atoms with Crippen LogP contribution in [0.15, 0.2) is 63.9 Å². The van der Waals surface area contributed by atoms with Gasteiger partial charge in [0.15, 0.2) is 5.13 Å². The van der Waals surface area contributed by atoms with E-state index in [0.717, 1.165) is 0 Å². The molecule has 0 fully saturated rings. The van der Waals surface area contributed by atoms with E-state index in [1.807, 2.05) is 0 Å². The summed E-state index contributed by atoms with van der Waals surface area (Å²) in [6.07, 6.45) is -4.86. The molecule has 1 N–H and O–H groups in total. The van der Waals surface area contributed by atoms with Gasteiger partial charge in [0.05, 0.1) is 4.88 Å². The Kier molecular flexibility index (Phi) is 5.71. The molecule has 33 heavy (non-hydrogen) atoms. The summed E-state index contributed by atoms with van der Waals surface area (Å²) in [6, 6.07) is 12.0. The number of fused-ring (bicyclic) bond motifs is 1. The first kappa shape index (κ1) is 22.9. The number of alkyl halides is 4. The van der Waals surface area contributed by atoms with Gasteiger partial charge in [0.1, 0.15) is 11.4 Å². The van der Waals surface area contributed by atoms with Gasteiger partial charge in [-0.05, 0) is 34.9 Å². The van der Waals surface area contributed by atoms with Gasteiger partial charge >= 0.3 is 17.7 Å². The predicted octanol–water partition coefficient (Wildman–Crippen LogP) is 5.37. The molecular weight excluding hydrogens is 467 g/mol. The van der Waals surface area contributed by atoms with Gasteiger partial charge < -0.3 is 14.4 Å². The number of nitrogens with zero attached hydrogens (tertiary/aromatic N) is 2. The number of aliphatic hydroxyl groups is 1. The van der Waals surface area contributed by atoms with Crippen LogP contribution < -0.4 is 10.5 Å². The predicted molar refractivity (Wildman–Crippen MR) is 113 cm³/mol. The second kappa shape index (κ2) is 8.23. The topological polar surface area (TPSA) is 66.6 Å². The maximum Gasteiger partial charge on any atom is 0.453 e. The van der Waals surface area contributed by atoms with Gasteiger partial charge in [-0.25, -0.2) is 14.2 Å². The van der Waals surface area contributed by atoms with Crippen LogP contribution in [0, 0.1) is 5.82 Å². The van der Waals surface area contributed by atoms with Crippen molar-refractivity contribution in [1.29, 1.82) is 0 Å². The van der Waals surface area contributed by atoms with Gasteiger partial charge in [-0.1, -0.05) is 35.6 Å². The number of rotatable bonds is 5. The van der Waals surface area contributed by atoms with Crippen molar-refractivity contribution >= 4 is 27.4 Å². The van der Waals surface area contributed by atoms with E-state index < -0.39 is 28.4 Å². The molecule has 0 aliphatic rings. The summed E-state index contributed by atoms with van der Waals surface area (Å²) in [5.41, 5.74) is 1.47. The molecule has 11 heteroatoms. The largest absolute Gasteiger partial charge is 0.453 e. The molecule has 0 spiro atoms. The third-order valence-electron chi connectivity index (χ3n) is 4.91. The van der Waals surface area contributed by atoms with Gasteiger partial charge in [0.2, 0.25) is 0 Å². The van der Waals surface area contributed by atoms with Gasteiger partial charge in [0.25, 0.3) is 0 Å². The molecule has 0 aliphatic heterocycles. The second-order valence-electron chi connectivity index (χ2n) is 7.30. The van der Waals surface area contributed by atoms with E-state index in [-0.39, 0.29) is 17.3 Å². The molecule has 0 bridgehead atoms. The molecule has 0 aliphatic carbocycles. The Hall–Kier alpha value is -3.31. The molecule has 4 rings (SSSR count). The van der Waals surface area contributed by atoms with Crippen molar-refractivity contribution in [2.75, 3.05) is 11.9 Å². The molecule has 2 heterocycles. The van der Waals surface area contributed by atoms with Crippen LogP contribution >= 0.6 is 11.3 Å². The van der Waals surface area contributed by atoms with Crippen LogP contribution in [0.2, 0.25) is 0 Å². The third kappa shape index (κ3) is 4.46. The average molecular weight is 482 g/mol. The highest BCUT2D eigenvalue weighted by Gasteiger charge is 2.57. The molecule has 2 aromatic carbocycles. The van der Waals surface area contributed by atoms with Crippen molar-refractivity contribution in [2.45, 2.75) is 18.6 Å². The SMILES string of the molecule is CN(Cc1ccc2c(-c3ccc(F)cc3)cc(=O)oc2c1)c1ncc(C(O)(F)C(F)(F)F)s1. The van der Waals surface area contributed by atoms with Crippen molar-refractivity contribution in [3.05, 3.63) is 81.4 Å². The standard InChI is InChI=1S/C22H15F5N2O3S/c1-29(20-28-10-18(33-20)21(24,31)22(25,26)27)11-12-2-7-15-16(9-19(30)32-17(15)8-12)13-3-5-14(23)6-4-13/h2-10,31H,11H2,1H3. The zero-order valence-corrected chi connectivity index (χ0v) is 17.7. The van der Waals surface area contributed by atoms with Crippen molar-refractivity contribution in [1.82, 2.24) is 4.98 Å². The zero-order valence-electron chi connectivity index (χ0n) is 16.9. The summed E-state index contributed by atoms with van der Waals surface area (Å²) in [5.74, 6) is -4.91. The first-order valence-electron chi connectivity index (χ1n) is 9.44. The first-order valence-corrected chi connectivity index (χ1v) is 10.3. The minimum Gasteiger partial charge on any atom is -0.423 e. The maximum absolute atomic E-state index is 13.8. The van der Waals surface area contributed by atoms with Crippen LogP contribution in [0.25, 0.3) is 22.1 Å². The monoisotopic (exact) mass is 482 g/mol. The number of hydrogen-bond donors (Lipinski definition) is 1. The zero-order chi connectivity index (χ0) is 24.0. The number of benzene rings is 2. The number of anilines is 1. The van der Waals surface area contributed by atoms with E-state index in [9.17, 15) is 31.9 Å². The fourth-order valence-corrected chi connectivity index (χ4v) is 4.13. The molecule has 0 radical (unpaired) electrons. The Morgan fingerprint density at radius 3 is 2.45 bits per heavy atom. The van der Waals surface area contributed by atoms with E-state index in [2.05, 4.69) is 4.98 Å². The molecule has 1 atom stereocenters. The van der Waals surface area contributed by atoms with Crippen LogP contribution in [0.4, 0.5) is 27.1 Å². The van der Waals surface area contributed by atoms with Gasteiger partial charge in [-0.15, -0.1) is 0 Å². The van der Waals surface area contributed by atoms with Crippen molar-refractivity contribution in [3.8, 4) is 11.1 Å². The smallest absolute Gasteiger partial charge is 0.423 e. The third-order valence-corrected chi connectivity index (χ3v) is 6.10. The summed E-state index contributed by atoms with van der Waals surface area (Å²) in [4.78, 5) is 16.3. The Morgan fingerprint density at radius 2 is 1.79 bits per heavy atom. The molecule has 172 valence electrons. The summed E-state index contributed by atoms with van der Waals surface area (Å²) >= 11 is 0.367. The number of halogens is 5. The molecule has 5 nitrogen and oxygen atoms in total. The van der Waals surface area contributed by atoms with E-state index in [4.69, 9.17) is 4.42 Å². The number of hydrogen-bond acceptors (Lipinski definition) is 6. The Morgan fingerprint density at radius 1 is 1.09 bits per heavy atom. The summed E-state index contributed by atoms with van der Waals surface area (Å²) < 4.78 is 70.5. The van der Waals surface area contributed by atoms with Gasteiger partial charge in [-0.3, -0.25) is 0 Å². The summed E-state index contributed by atoms with van der Waals surface area (Å²) in [7, 11) is 1.53. The van der Waals surface area contributed by atoms with Crippen LogP contribution in [0.1, 0.15) is 10.4 Å². The summed E-state index contributed by atoms with van der Waals surface area (Å²) in [5, 5.41) is 9.84. The number of aromatic nitrogens is 1. The van der Waals surface area contributed by atoms with E-state index in [1.165, 1.54) is 42.3 Å². The molecule has 1 unspecified atom stereocenters. The second-order valence-corrected chi connectivity index (χ2v) is 8.31. The molecule has 0 amide bonds. The van der Waals surface area contributed by atoms with Crippen LogP contribution in [-0.4, -0.2) is 23.3 Å². The minimum atomic E-state index is -5.49.